The second-order valence-corrected chi connectivity index (χ2v) is 3.84. The Morgan fingerprint density at radius 1 is 1.78 bits per heavy atom. The van der Waals surface area contributed by atoms with Crippen molar-refractivity contribution >= 4 is 8.80 Å². The van der Waals surface area contributed by atoms with Crippen LogP contribution in [0.25, 0.3) is 0 Å². The van der Waals surface area contributed by atoms with Crippen molar-refractivity contribution < 1.29 is 13.6 Å². The lowest BCUT2D eigenvalue weighted by molar-refractivity contribution is 0.143. The maximum Gasteiger partial charge on any atom is 0.525 e. The Balaban J connectivity index is 3.76. The van der Waals surface area contributed by atoms with Crippen molar-refractivity contribution in [2.24, 2.45) is 0 Å². The van der Waals surface area contributed by atoms with Crippen LogP contribution in [0.2, 0.25) is 0 Å². The lowest BCUT2D eigenvalue weighted by Crippen LogP contribution is -2.39. The van der Waals surface area contributed by atoms with E-state index in [-0.39, 0.29) is 0 Å². The fourth-order valence-corrected chi connectivity index (χ4v) is 1.22. The minimum Gasteiger partial charge on any atom is -0.387 e. The first-order valence-electron chi connectivity index (χ1n) is 2.73. The van der Waals surface area contributed by atoms with Gasteiger partial charge in [0.2, 0.25) is 0 Å². The van der Waals surface area contributed by atoms with E-state index in [1.807, 2.05) is 0 Å². The molecule has 0 aromatic heterocycles. The summed E-state index contributed by atoms with van der Waals surface area (Å²) in [6.45, 7) is 5.62. The van der Waals surface area contributed by atoms with E-state index in [2.05, 4.69) is 11.0 Å². The highest BCUT2D eigenvalue weighted by atomic mass is 28.4. The number of hydrogen-bond acceptors (Lipinski definition) is 3. The van der Waals surface area contributed by atoms with Gasteiger partial charge in [0.05, 0.1) is 0 Å². The Hall–Kier alpha value is -0.163. The SMILES string of the molecule is C=C[Si](O)(OC)OCC. The summed E-state index contributed by atoms with van der Waals surface area (Å²) >= 11 is 0. The van der Waals surface area contributed by atoms with Gasteiger partial charge in [-0.1, -0.05) is 6.58 Å². The molecule has 54 valence electrons. The van der Waals surface area contributed by atoms with Crippen LogP contribution in [0.5, 0.6) is 0 Å². The molecule has 0 saturated heterocycles. The van der Waals surface area contributed by atoms with Gasteiger partial charge in [0.1, 0.15) is 0 Å². The monoisotopic (exact) mass is 148 g/mol. The molecule has 0 saturated carbocycles. The molecule has 1 atom stereocenters. The van der Waals surface area contributed by atoms with Gasteiger partial charge in [-0.25, -0.2) is 0 Å². The normalized spacial score (nSPS) is 16.8. The van der Waals surface area contributed by atoms with Gasteiger partial charge in [0.15, 0.2) is 0 Å². The van der Waals surface area contributed by atoms with Crippen LogP contribution in [0.4, 0.5) is 0 Å². The van der Waals surface area contributed by atoms with E-state index >= 15 is 0 Å². The van der Waals surface area contributed by atoms with E-state index in [4.69, 9.17) is 4.43 Å². The Labute approximate surface area is 56.3 Å². The fraction of sp³-hybridized carbons (Fsp3) is 0.600. The topological polar surface area (TPSA) is 38.7 Å². The highest BCUT2D eigenvalue weighted by Crippen LogP contribution is 2.00. The van der Waals surface area contributed by atoms with Crippen LogP contribution in [0, 0.1) is 0 Å². The third-order valence-electron chi connectivity index (χ3n) is 0.902. The summed E-state index contributed by atoms with van der Waals surface area (Å²) in [5.41, 5.74) is 1.33. The quantitative estimate of drug-likeness (QED) is 0.584. The van der Waals surface area contributed by atoms with E-state index in [1.165, 1.54) is 12.8 Å². The van der Waals surface area contributed by atoms with Crippen molar-refractivity contribution in [1.82, 2.24) is 0 Å². The second-order valence-electron chi connectivity index (χ2n) is 1.47. The molecule has 0 bridgehead atoms. The van der Waals surface area contributed by atoms with E-state index in [1.54, 1.807) is 6.92 Å². The molecule has 0 rings (SSSR count). The summed E-state index contributed by atoms with van der Waals surface area (Å²) in [5, 5.41) is 0. The Morgan fingerprint density at radius 3 is 2.44 bits per heavy atom. The zero-order valence-corrected chi connectivity index (χ0v) is 6.76. The van der Waals surface area contributed by atoms with Crippen LogP contribution in [-0.4, -0.2) is 27.3 Å². The van der Waals surface area contributed by atoms with Crippen LogP contribution >= 0.6 is 0 Å². The van der Waals surface area contributed by atoms with E-state index in [9.17, 15) is 4.80 Å². The minimum absolute atomic E-state index is 0.447. The first-order chi connectivity index (χ1) is 4.18. The lowest BCUT2D eigenvalue weighted by atomic mass is 10.9. The van der Waals surface area contributed by atoms with Crippen molar-refractivity contribution in [1.29, 1.82) is 0 Å². The Kier molecular flexibility index (Phi) is 3.72. The predicted octanol–water partition coefficient (Wildman–Crippen LogP) is 0.326. The summed E-state index contributed by atoms with van der Waals surface area (Å²) in [7, 11) is -1.53. The summed E-state index contributed by atoms with van der Waals surface area (Å²) in [5.74, 6) is 0. The van der Waals surface area contributed by atoms with E-state index in [0.717, 1.165) is 0 Å². The first-order valence-corrected chi connectivity index (χ1v) is 4.57. The van der Waals surface area contributed by atoms with Gasteiger partial charge in [0.25, 0.3) is 0 Å². The van der Waals surface area contributed by atoms with E-state index in [0.29, 0.717) is 6.61 Å². The smallest absolute Gasteiger partial charge is 0.387 e. The third-order valence-corrected chi connectivity index (χ3v) is 2.70. The molecule has 0 aliphatic rings. The van der Waals surface area contributed by atoms with Gasteiger partial charge < -0.3 is 13.6 Å². The van der Waals surface area contributed by atoms with Crippen molar-refractivity contribution in [3.63, 3.8) is 0 Å². The molecule has 0 fully saturated rings. The number of hydrogen-bond donors (Lipinski definition) is 1. The van der Waals surface area contributed by atoms with Crippen LogP contribution in [0.1, 0.15) is 6.92 Å². The molecule has 0 aliphatic carbocycles. The zero-order chi connectivity index (χ0) is 7.33. The summed E-state index contributed by atoms with van der Waals surface area (Å²) < 4.78 is 9.56. The molecule has 0 heterocycles. The molecule has 4 heteroatoms. The number of rotatable bonds is 4. The minimum atomic E-state index is -2.93. The van der Waals surface area contributed by atoms with Gasteiger partial charge >= 0.3 is 8.80 Å². The molecule has 1 unspecified atom stereocenters. The second kappa shape index (κ2) is 3.79. The molecule has 9 heavy (non-hydrogen) atoms. The summed E-state index contributed by atoms with van der Waals surface area (Å²) in [6, 6.07) is 0. The Morgan fingerprint density at radius 2 is 2.33 bits per heavy atom. The standard InChI is InChI=1S/C5H12O3Si/c1-4-8-9(6,5-2)7-3/h5-6H,2,4H2,1,3H3. The first kappa shape index (κ1) is 8.84. The molecule has 3 nitrogen and oxygen atoms in total. The van der Waals surface area contributed by atoms with Crippen molar-refractivity contribution in [3.05, 3.63) is 12.3 Å². The molecule has 1 N–H and O–H groups in total. The van der Waals surface area contributed by atoms with Gasteiger partial charge in [-0.15, -0.1) is 0 Å². The zero-order valence-electron chi connectivity index (χ0n) is 5.76. The van der Waals surface area contributed by atoms with Gasteiger partial charge in [-0.05, 0) is 12.6 Å². The largest absolute Gasteiger partial charge is 0.525 e. The summed E-state index contributed by atoms with van der Waals surface area (Å²) in [6.07, 6.45) is 0. The van der Waals surface area contributed by atoms with Crippen LogP contribution in [0.3, 0.4) is 0 Å². The maximum absolute atomic E-state index is 9.21. The van der Waals surface area contributed by atoms with Crippen molar-refractivity contribution in [2.75, 3.05) is 13.7 Å². The van der Waals surface area contributed by atoms with Crippen LogP contribution < -0.4 is 0 Å². The fourth-order valence-electron chi connectivity index (χ4n) is 0.408. The average Bonchev–Trinajstić information content (AvgIpc) is 1.89. The highest BCUT2D eigenvalue weighted by molar-refractivity contribution is 6.64. The maximum atomic E-state index is 9.21. The molecule has 0 aromatic carbocycles. The lowest BCUT2D eigenvalue weighted by Gasteiger charge is -2.15. The van der Waals surface area contributed by atoms with Gasteiger partial charge in [-0.3, -0.25) is 0 Å². The van der Waals surface area contributed by atoms with Crippen LogP contribution in [0.15, 0.2) is 12.3 Å². The Bertz CT molecular complexity index is 96.2. The molecular formula is C5H12O3Si. The van der Waals surface area contributed by atoms with E-state index < -0.39 is 8.80 Å². The van der Waals surface area contributed by atoms with Gasteiger partial charge in [0, 0.05) is 13.7 Å². The average molecular weight is 148 g/mol. The highest BCUT2D eigenvalue weighted by Gasteiger charge is 2.30. The molecule has 0 spiro atoms. The van der Waals surface area contributed by atoms with Crippen molar-refractivity contribution in [3.8, 4) is 0 Å². The molecule has 0 radical (unpaired) electrons. The predicted molar refractivity (Wildman–Crippen MR) is 36.8 cm³/mol. The molecule has 0 amide bonds. The molecule has 0 aliphatic heterocycles. The molecular weight excluding hydrogens is 136 g/mol. The van der Waals surface area contributed by atoms with Gasteiger partial charge in [-0.2, -0.15) is 0 Å². The van der Waals surface area contributed by atoms with Crippen molar-refractivity contribution in [2.45, 2.75) is 6.92 Å². The molecule has 0 aromatic rings. The third kappa shape index (κ3) is 2.76. The summed E-state index contributed by atoms with van der Waals surface area (Å²) in [4.78, 5) is 9.21. The van der Waals surface area contributed by atoms with Crippen LogP contribution in [-0.2, 0) is 8.85 Å².